The summed E-state index contributed by atoms with van der Waals surface area (Å²) in [7, 11) is 0. The number of nitrogens with one attached hydrogen (secondary N) is 3. The molecule has 0 radical (unpaired) electrons. The van der Waals surface area contributed by atoms with Crippen molar-refractivity contribution in [3.8, 4) is 0 Å². The molecule has 3 amide bonds. The highest BCUT2D eigenvalue weighted by Gasteiger charge is 2.20. The molecule has 10 heteroatoms. The van der Waals surface area contributed by atoms with Crippen molar-refractivity contribution in [2.45, 2.75) is 25.9 Å². The molecule has 1 atom stereocenters. The Labute approximate surface area is 171 Å². The number of halogens is 1. The summed E-state index contributed by atoms with van der Waals surface area (Å²) >= 11 is 0. The predicted octanol–water partition coefficient (Wildman–Crippen LogP) is 3.60. The second-order valence-corrected chi connectivity index (χ2v) is 6.86. The number of hydrogen-bond acceptors (Lipinski definition) is 5. The van der Waals surface area contributed by atoms with Gasteiger partial charge >= 0.3 is 6.03 Å². The molecule has 1 heterocycles. The molecule has 1 saturated heterocycles. The van der Waals surface area contributed by atoms with Gasteiger partial charge in [-0.3, -0.25) is 14.9 Å². The van der Waals surface area contributed by atoms with Gasteiger partial charge in [-0.15, -0.1) is 0 Å². The maximum Gasteiger partial charge on any atom is 0.319 e. The van der Waals surface area contributed by atoms with Gasteiger partial charge in [0.25, 0.3) is 11.6 Å². The molecule has 30 heavy (non-hydrogen) atoms. The Bertz CT molecular complexity index is 958. The van der Waals surface area contributed by atoms with Gasteiger partial charge in [0.1, 0.15) is 5.82 Å². The summed E-state index contributed by atoms with van der Waals surface area (Å²) in [6.07, 6.45) is 1.95. The van der Waals surface area contributed by atoms with Crippen molar-refractivity contribution >= 4 is 29.0 Å². The van der Waals surface area contributed by atoms with Gasteiger partial charge in [0.2, 0.25) is 0 Å². The number of benzene rings is 2. The molecule has 1 aliphatic rings. The molecule has 0 aliphatic carbocycles. The largest absolute Gasteiger partial charge is 0.376 e. The van der Waals surface area contributed by atoms with Gasteiger partial charge in [0.05, 0.1) is 16.6 Å². The van der Waals surface area contributed by atoms with Crippen molar-refractivity contribution in [3.05, 3.63) is 63.5 Å². The zero-order valence-corrected chi connectivity index (χ0v) is 16.2. The van der Waals surface area contributed by atoms with Crippen molar-refractivity contribution in [1.82, 2.24) is 5.32 Å². The molecule has 1 aliphatic heterocycles. The van der Waals surface area contributed by atoms with Gasteiger partial charge in [0, 0.05) is 36.2 Å². The lowest BCUT2D eigenvalue weighted by Gasteiger charge is -2.12. The Balaban J connectivity index is 1.58. The Morgan fingerprint density at radius 3 is 2.47 bits per heavy atom. The van der Waals surface area contributed by atoms with Crippen molar-refractivity contribution in [3.63, 3.8) is 0 Å². The molecule has 3 rings (SSSR count). The van der Waals surface area contributed by atoms with E-state index in [0.29, 0.717) is 24.5 Å². The van der Waals surface area contributed by atoms with Crippen LogP contribution in [0.5, 0.6) is 0 Å². The van der Waals surface area contributed by atoms with Crippen LogP contribution in [-0.2, 0) is 4.74 Å². The Hall–Kier alpha value is -3.53. The van der Waals surface area contributed by atoms with Crippen LogP contribution in [0.2, 0.25) is 0 Å². The molecule has 9 nitrogen and oxygen atoms in total. The summed E-state index contributed by atoms with van der Waals surface area (Å²) in [6, 6.07) is 7.87. The maximum absolute atomic E-state index is 13.9. The van der Waals surface area contributed by atoms with E-state index in [2.05, 4.69) is 16.0 Å². The fraction of sp³-hybridized carbons (Fsp3) is 0.300. The van der Waals surface area contributed by atoms with E-state index < -0.39 is 22.3 Å². The summed E-state index contributed by atoms with van der Waals surface area (Å²) in [4.78, 5) is 34.5. The highest BCUT2D eigenvalue weighted by atomic mass is 19.1. The minimum absolute atomic E-state index is 0.0378. The third kappa shape index (κ3) is 5.29. The minimum Gasteiger partial charge on any atom is -0.376 e. The Morgan fingerprint density at radius 2 is 1.87 bits per heavy atom. The maximum atomic E-state index is 13.9. The Morgan fingerprint density at radius 1 is 1.20 bits per heavy atom. The van der Waals surface area contributed by atoms with Crippen LogP contribution in [0.3, 0.4) is 0 Å². The smallest absolute Gasteiger partial charge is 0.319 e. The molecular weight excluding hydrogens is 395 g/mol. The number of carbonyl (C=O) groups is 2. The molecule has 3 N–H and O–H groups in total. The van der Waals surface area contributed by atoms with Gasteiger partial charge in [-0.25, -0.2) is 9.18 Å². The van der Waals surface area contributed by atoms with E-state index in [4.69, 9.17) is 4.74 Å². The second kappa shape index (κ2) is 9.31. The van der Waals surface area contributed by atoms with E-state index >= 15 is 0 Å². The fourth-order valence-corrected chi connectivity index (χ4v) is 3.01. The zero-order valence-electron chi connectivity index (χ0n) is 16.2. The minimum atomic E-state index is -0.831. The number of anilines is 2. The molecule has 2 aromatic rings. The van der Waals surface area contributed by atoms with E-state index in [0.717, 1.165) is 25.0 Å². The highest BCUT2D eigenvalue weighted by Crippen LogP contribution is 2.23. The monoisotopic (exact) mass is 416 g/mol. The SMILES string of the molecule is Cc1c(F)cc(C(=O)Nc2ccc(NC(=O)NCC3CCCO3)cc2)cc1[N+](=O)[O-]. The van der Waals surface area contributed by atoms with Gasteiger partial charge in [-0.05, 0) is 50.1 Å². The molecule has 2 aromatic carbocycles. The topological polar surface area (TPSA) is 123 Å². The van der Waals surface area contributed by atoms with Gasteiger partial charge in [0.15, 0.2) is 0 Å². The van der Waals surface area contributed by atoms with E-state index in [1.165, 1.54) is 6.92 Å². The first-order chi connectivity index (χ1) is 14.3. The molecule has 0 spiro atoms. The molecule has 0 bridgehead atoms. The van der Waals surface area contributed by atoms with Gasteiger partial charge in [-0.2, -0.15) is 0 Å². The number of nitro benzene ring substituents is 1. The van der Waals surface area contributed by atoms with E-state index in [9.17, 15) is 24.1 Å². The first-order valence-corrected chi connectivity index (χ1v) is 9.36. The number of hydrogen-bond donors (Lipinski definition) is 3. The summed E-state index contributed by atoms with van der Waals surface area (Å²) in [5, 5.41) is 19.0. The van der Waals surface area contributed by atoms with Crippen LogP contribution >= 0.6 is 0 Å². The quantitative estimate of drug-likeness (QED) is 0.491. The summed E-state index contributed by atoms with van der Waals surface area (Å²) < 4.78 is 19.3. The number of amides is 3. The number of rotatable bonds is 6. The van der Waals surface area contributed by atoms with Crippen LogP contribution in [0, 0.1) is 22.9 Å². The lowest BCUT2D eigenvalue weighted by molar-refractivity contribution is -0.385. The Kier molecular flexibility index (Phi) is 6.58. The number of nitrogens with zero attached hydrogens (tertiary/aromatic N) is 1. The van der Waals surface area contributed by atoms with Gasteiger partial charge < -0.3 is 20.7 Å². The van der Waals surface area contributed by atoms with Crippen LogP contribution in [0.25, 0.3) is 0 Å². The van der Waals surface area contributed by atoms with Crippen molar-refractivity contribution in [1.29, 1.82) is 0 Å². The molecule has 0 saturated carbocycles. The number of carbonyl (C=O) groups excluding carboxylic acids is 2. The van der Waals surface area contributed by atoms with Crippen LogP contribution in [-0.4, -0.2) is 36.1 Å². The molecule has 1 fully saturated rings. The first kappa shape index (κ1) is 21.2. The first-order valence-electron chi connectivity index (χ1n) is 9.36. The van der Waals surface area contributed by atoms with Crippen LogP contribution < -0.4 is 16.0 Å². The average Bonchev–Trinajstić information content (AvgIpc) is 3.23. The molecule has 1 unspecified atom stereocenters. The summed E-state index contributed by atoms with van der Waals surface area (Å²) in [5.41, 5.74) is 0.128. The van der Waals surface area contributed by atoms with E-state index in [1.54, 1.807) is 24.3 Å². The number of nitro groups is 1. The second-order valence-electron chi connectivity index (χ2n) is 6.86. The number of urea groups is 1. The lowest BCUT2D eigenvalue weighted by atomic mass is 10.1. The highest BCUT2D eigenvalue weighted by molar-refractivity contribution is 6.05. The normalized spacial score (nSPS) is 15.5. The van der Waals surface area contributed by atoms with Crippen molar-refractivity contribution in [2.24, 2.45) is 0 Å². The van der Waals surface area contributed by atoms with E-state index in [-0.39, 0.29) is 23.3 Å². The molecule has 158 valence electrons. The third-order valence-electron chi connectivity index (χ3n) is 4.69. The van der Waals surface area contributed by atoms with Crippen LogP contribution in [0.1, 0.15) is 28.8 Å². The zero-order chi connectivity index (χ0) is 21.7. The predicted molar refractivity (Wildman–Crippen MR) is 108 cm³/mol. The molecular formula is C20H21FN4O5. The average molecular weight is 416 g/mol. The molecule has 0 aromatic heterocycles. The van der Waals surface area contributed by atoms with Crippen molar-refractivity contribution < 1.29 is 23.6 Å². The van der Waals surface area contributed by atoms with Crippen LogP contribution in [0.15, 0.2) is 36.4 Å². The number of ether oxygens (including phenoxy) is 1. The summed E-state index contributed by atoms with van der Waals surface area (Å²) in [6.45, 7) is 2.42. The van der Waals surface area contributed by atoms with Crippen LogP contribution in [0.4, 0.5) is 26.2 Å². The third-order valence-corrected chi connectivity index (χ3v) is 4.69. The summed E-state index contributed by atoms with van der Waals surface area (Å²) in [5.74, 6) is -1.52. The van der Waals surface area contributed by atoms with Gasteiger partial charge in [-0.1, -0.05) is 0 Å². The standard InChI is InChI=1S/C20H21FN4O5/c1-12-17(21)9-13(10-18(12)25(28)29)19(26)23-14-4-6-15(7-5-14)24-20(27)22-11-16-3-2-8-30-16/h4-7,9-10,16H,2-3,8,11H2,1H3,(H,23,26)(H2,22,24,27). The van der Waals surface area contributed by atoms with E-state index in [1.807, 2.05) is 0 Å². The lowest BCUT2D eigenvalue weighted by Crippen LogP contribution is -2.35. The fourth-order valence-electron chi connectivity index (χ4n) is 3.01. The van der Waals surface area contributed by atoms with Crippen molar-refractivity contribution in [2.75, 3.05) is 23.8 Å².